The van der Waals surface area contributed by atoms with E-state index >= 15 is 0 Å². The molecule has 102 valence electrons. The molecule has 7 heteroatoms. The average molecular weight is 288 g/mol. The fourth-order valence-corrected chi connectivity index (χ4v) is 2.15. The molecule has 0 fully saturated rings. The minimum absolute atomic E-state index is 0.0414. The van der Waals surface area contributed by atoms with Crippen molar-refractivity contribution >= 4 is 11.3 Å². The Balaban J connectivity index is 2.39. The van der Waals surface area contributed by atoms with Crippen molar-refractivity contribution in [3.05, 3.63) is 40.4 Å². The number of thiazole rings is 1. The number of aryl methyl sites for hydroxylation is 1. The summed E-state index contributed by atoms with van der Waals surface area (Å²) in [4.78, 5) is 3.98. The standard InChI is InChI=1S/C12H11F3N2OS/c1-7-6-19-11(17-7)18-10-3-2-8(5-16)4-9(10)12(13,14)15/h2-4,6H,5,16H2,1H3. The first-order chi connectivity index (χ1) is 8.90. The van der Waals surface area contributed by atoms with E-state index in [1.165, 1.54) is 12.1 Å². The first-order valence-corrected chi connectivity index (χ1v) is 6.28. The SMILES string of the molecule is Cc1csc(Oc2ccc(CN)cc2C(F)(F)F)n1. The summed E-state index contributed by atoms with van der Waals surface area (Å²) in [7, 11) is 0. The summed E-state index contributed by atoms with van der Waals surface area (Å²) in [5, 5.41) is 1.89. The monoisotopic (exact) mass is 288 g/mol. The molecule has 0 atom stereocenters. The highest BCUT2D eigenvalue weighted by molar-refractivity contribution is 7.11. The van der Waals surface area contributed by atoms with Crippen LogP contribution < -0.4 is 10.5 Å². The van der Waals surface area contributed by atoms with E-state index in [9.17, 15) is 13.2 Å². The van der Waals surface area contributed by atoms with Crippen LogP contribution in [0.1, 0.15) is 16.8 Å². The van der Waals surface area contributed by atoms with Gasteiger partial charge in [0, 0.05) is 11.9 Å². The topological polar surface area (TPSA) is 48.1 Å². The molecule has 0 saturated heterocycles. The van der Waals surface area contributed by atoms with E-state index in [0.29, 0.717) is 11.3 Å². The van der Waals surface area contributed by atoms with E-state index in [1.54, 1.807) is 12.3 Å². The predicted octanol–water partition coefficient (Wildman–Crippen LogP) is 3.72. The van der Waals surface area contributed by atoms with Crippen LogP contribution in [0.25, 0.3) is 0 Å². The van der Waals surface area contributed by atoms with Crippen LogP contribution in [0.15, 0.2) is 23.6 Å². The molecule has 0 saturated carbocycles. The lowest BCUT2D eigenvalue weighted by Crippen LogP contribution is -2.09. The van der Waals surface area contributed by atoms with E-state index in [-0.39, 0.29) is 17.5 Å². The van der Waals surface area contributed by atoms with Gasteiger partial charge in [-0.15, -0.1) is 0 Å². The normalized spacial score (nSPS) is 11.6. The molecule has 3 nitrogen and oxygen atoms in total. The van der Waals surface area contributed by atoms with Gasteiger partial charge in [-0.3, -0.25) is 0 Å². The molecule has 0 aliphatic rings. The first kappa shape index (κ1) is 13.8. The van der Waals surface area contributed by atoms with E-state index in [4.69, 9.17) is 10.5 Å². The second-order valence-electron chi connectivity index (χ2n) is 3.89. The predicted molar refractivity (Wildman–Crippen MR) is 66.3 cm³/mol. The van der Waals surface area contributed by atoms with Gasteiger partial charge < -0.3 is 10.5 Å². The third-order valence-corrected chi connectivity index (χ3v) is 3.22. The molecule has 2 N–H and O–H groups in total. The highest BCUT2D eigenvalue weighted by Gasteiger charge is 2.35. The van der Waals surface area contributed by atoms with Gasteiger partial charge in [0.2, 0.25) is 0 Å². The summed E-state index contributed by atoms with van der Waals surface area (Å²) >= 11 is 1.15. The van der Waals surface area contributed by atoms with Crippen LogP contribution in [0, 0.1) is 6.92 Å². The summed E-state index contributed by atoms with van der Waals surface area (Å²) in [6.45, 7) is 1.78. The molecule has 1 aromatic carbocycles. The lowest BCUT2D eigenvalue weighted by molar-refractivity contribution is -0.138. The van der Waals surface area contributed by atoms with E-state index in [1.807, 2.05) is 0 Å². The average Bonchev–Trinajstić information content (AvgIpc) is 2.74. The molecule has 0 bridgehead atoms. The van der Waals surface area contributed by atoms with Crippen molar-refractivity contribution in [2.75, 3.05) is 0 Å². The smallest absolute Gasteiger partial charge is 0.419 e. The van der Waals surface area contributed by atoms with Crippen molar-refractivity contribution in [3.8, 4) is 10.9 Å². The Kier molecular flexibility index (Phi) is 3.77. The molecule has 0 aliphatic carbocycles. The molecule has 1 aromatic heterocycles. The van der Waals surface area contributed by atoms with Gasteiger partial charge >= 0.3 is 6.18 Å². The Morgan fingerprint density at radius 2 is 2.11 bits per heavy atom. The van der Waals surface area contributed by atoms with Crippen LogP contribution in [0.3, 0.4) is 0 Å². The van der Waals surface area contributed by atoms with Crippen molar-refractivity contribution in [2.24, 2.45) is 5.73 Å². The first-order valence-electron chi connectivity index (χ1n) is 5.40. The Hall–Kier alpha value is -1.60. The maximum absolute atomic E-state index is 12.9. The molecular formula is C12H11F3N2OS. The number of aromatic nitrogens is 1. The zero-order valence-corrected chi connectivity index (χ0v) is 10.8. The molecule has 2 aromatic rings. The van der Waals surface area contributed by atoms with Crippen LogP contribution >= 0.6 is 11.3 Å². The van der Waals surface area contributed by atoms with Crippen molar-refractivity contribution < 1.29 is 17.9 Å². The number of ether oxygens (including phenoxy) is 1. The fourth-order valence-electron chi connectivity index (χ4n) is 1.49. The maximum atomic E-state index is 12.9. The molecule has 0 aliphatic heterocycles. The highest BCUT2D eigenvalue weighted by atomic mass is 32.1. The number of hydrogen-bond donors (Lipinski definition) is 1. The Bertz CT molecular complexity index is 581. The largest absolute Gasteiger partial charge is 0.430 e. The number of nitrogens with zero attached hydrogens (tertiary/aromatic N) is 1. The molecule has 19 heavy (non-hydrogen) atoms. The Labute approximate surface area is 111 Å². The summed E-state index contributed by atoms with van der Waals surface area (Å²) in [6, 6.07) is 3.77. The highest BCUT2D eigenvalue weighted by Crippen LogP contribution is 2.39. The second kappa shape index (κ2) is 5.18. The summed E-state index contributed by atoms with van der Waals surface area (Å²) in [5.74, 6) is -0.265. The van der Waals surface area contributed by atoms with Crippen LogP contribution in [0.5, 0.6) is 10.9 Å². The minimum atomic E-state index is -4.49. The van der Waals surface area contributed by atoms with Gasteiger partial charge in [0.25, 0.3) is 5.19 Å². The number of hydrogen-bond acceptors (Lipinski definition) is 4. The number of halogens is 3. The molecule has 0 spiro atoms. The third kappa shape index (κ3) is 3.24. The third-order valence-electron chi connectivity index (χ3n) is 2.38. The summed E-state index contributed by atoms with van der Waals surface area (Å²) in [6.07, 6.45) is -4.49. The van der Waals surface area contributed by atoms with Gasteiger partial charge in [-0.05, 0) is 24.6 Å². The van der Waals surface area contributed by atoms with Crippen molar-refractivity contribution in [1.82, 2.24) is 4.98 Å². The molecule has 0 amide bonds. The molecule has 0 unspecified atom stereocenters. The van der Waals surface area contributed by atoms with Crippen LogP contribution in [-0.2, 0) is 12.7 Å². The number of rotatable bonds is 3. The van der Waals surface area contributed by atoms with Gasteiger partial charge in [-0.1, -0.05) is 17.4 Å². The summed E-state index contributed by atoms with van der Waals surface area (Å²) in [5.41, 5.74) is 5.60. The molecule has 2 rings (SSSR count). The van der Waals surface area contributed by atoms with E-state index < -0.39 is 11.7 Å². The number of nitrogens with two attached hydrogens (primary N) is 1. The number of benzene rings is 1. The number of alkyl halides is 3. The van der Waals surface area contributed by atoms with Crippen molar-refractivity contribution in [1.29, 1.82) is 0 Å². The molecular weight excluding hydrogens is 277 g/mol. The summed E-state index contributed by atoms with van der Waals surface area (Å²) < 4.78 is 44.0. The van der Waals surface area contributed by atoms with Gasteiger partial charge in [0.15, 0.2) is 0 Å². The lowest BCUT2D eigenvalue weighted by atomic mass is 10.1. The maximum Gasteiger partial charge on any atom is 0.419 e. The second-order valence-corrected chi connectivity index (χ2v) is 4.71. The fraction of sp³-hybridized carbons (Fsp3) is 0.250. The van der Waals surface area contributed by atoms with Gasteiger partial charge in [0.05, 0.1) is 11.3 Å². The van der Waals surface area contributed by atoms with Crippen molar-refractivity contribution in [2.45, 2.75) is 19.6 Å². The van der Waals surface area contributed by atoms with Crippen LogP contribution in [-0.4, -0.2) is 4.98 Å². The molecule has 0 radical (unpaired) electrons. The quantitative estimate of drug-likeness (QED) is 0.936. The van der Waals surface area contributed by atoms with Crippen LogP contribution in [0.4, 0.5) is 13.2 Å². The Morgan fingerprint density at radius 1 is 1.37 bits per heavy atom. The Morgan fingerprint density at radius 3 is 2.63 bits per heavy atom. The minimum Gasteiger partial charge on any atom is -0.430 e. The van der Waals surface area contributed by atoms with Crippen molar-refractivity contribution in [3.63, 3.8) is 0 Å². The van der Waals surface area contributed by atoms with E-state index in [0.717, 1.165) is 17.4 Å². The van der Waals surface area contributed by atoms with Gasteiger partial charge in [-0.25, -0.2) is 4.98 Å². The van der Waals surface area contributed by atoms with E-state index in [2.05, 4.69) is 4.98 Å². The van der Waals surface area contributed by atoms with Crippen LogP contribution in [0.2, 0.25) is 0 Å². The lowest BCUT2D eigenvalue weighted by Gasteiger charge is -2.13. The zero-order chi connectivity index (χ0) is 14.0. The van der Waals surface area contributed by atoms with Gasteiger partial charge in [0.1, 0.15) is 5.75 Å². The van der Waals surface area contributed by atoms with Gasteiger partial charge in [-0.2, -0.15) is 13.2 Å². The zero-order valence-electron chi connectivity index (χ0n) is 9.99. The molecule has 1 heterocycles.